The monoisotopic (exact) mass is 302 g/mol. The molecule has 1 heterocycles. The number of fused-ring (bicyclic) bond motifs is 1. The van der Waals surface area contributed by atoms with E-state index in [-0.39, 0.29) is 17.6 Å². The van der Waals surface area contributed by atoms with Crippen LogP contribution in [0.1, 0.15) is 23.7 Å². The maximum atomic E-state index is 9.86. The molecule has 0 amide bonds. The van der Waals surface area contributed by atoms with Crippen LogP contribution in [0.4, 0.5) is 0 Å². The molecular formula is C17H18O5. The van der Waals surface area contributed by atoms with Gasteiger partial charge in [-0.25, -0.2) is 0 Å². The number of methoxy groups -OCH3 is 2. The van der Waals surface area contributed by atoms with Gasteiger partial charge < -0.3 is 24.4 Å². The third-order valence-corrected chi connectivity index (χ3v) is 3.87. The van der Waals surface area contributed by atoms with Gasteiger partial charge in [0.1, 0.15) is 17.6 Å². The fourth-order valence-electron chi connectivity index (χ4n) is 2.81. The number of aromatic hydroxyl groups is 2. The fourth-order valence-corrected chi connectivity index (χ4v) is 2.81. The van der Waals surface area contributed by atoms with E-state index >= 15 is 0 Å². The Morgan fingerprint density at radius 3 is 2.55 bits per heavy atom. The average Bonchev–Trinajstić information content (AvgIpc) is 2.53. The Hall–Kier alpha value is -2.56. The Kier molecular flexibility index (Phi) is 3.71. The molecule has 0 saturated heterocycles. The molecule has 0 spiro atoms. The third kappa shape index (κ3) is 2.39. The smallest absolute Gasteiger partial charge is 0.203 e. The van der Waals surface area contributed by atoms with E-state index in [1.54, 1.807) is 24.3 Å². The Morgan fingerprint density at radius 1 is 1.05 bits per heavy atom. The van der Waals surface area contributed by atoms with Gasteiger partial charge in [0, 0.05) is 11.6 Å². The van der Waals surface area contributed by atoms with Crippen molar-refractivity contribution >= 4 is 0 Å². The van der Waals surface area contributed by atoms with Gasteiger partial charge in [0.2, 0.25) is 5.75 Å². The molecule has 1 aliphatic rings. The van der Waals surface area contributed by atoms with Crippen LogP contribution >= 0.6 is 0 Å². The fraction of sp³-hybridized carbons (Fsp3) is 0.294. The van der Waals surface area contributed by atoms with Crippen LogP contribution in [0.25, 0.3) is 0 Å². The van der Waals surface area contributed by atoms with Gasteiger partial charge in [0.15, 0.2) is 11.5 Å². The molecule has 22 heavy (non-hydrogen) atoms. The van der Waals surface area contributed by atoms with Gasteiger partial charge in [-0.05, 0) is 36.6 Å². The molecule has 0 radical (unpaired) electrons. The standard InChI is InChI=1S/C17H18O5/c1-20-16-12(6-7-13(19)17(16)21-2)14-8-4-10-3-5-11(18)9-15(10)22-14/h3,5-7,9,14,18-19H,4,8H2,1-2H3. The van der Waals surface area contributed by atoms with Crippen LogP contribution in [-0.4, -0.2) is 24.4 Å². The summed E-state index contributed by atoms with van der Waals surface area (Å²) in [5, 5.41) is 19.5. The first-order chi connectivity index (χ1) is 10.6. The molecule has 116 valence electrons. The van der Waals surface area contributed by atoms with E-state index in [4.69, 9.17) is 14.2 Å². The second kappa shape index (κ2) is 5.67. The van der Waals surface area contributed by atoms with Gasteiger partial charge in [-0.3, -0.25) is 0 Å². The van der Waals surface area contributed by atoms with E-state index in [1.165, 1.54) is 14.2 Å². The molecule has 0 aliphatic carbocycles. The van der Waals surface area contributed by atoms with Gasteiger partial charge in [0.25, 0.3) is 0 Å². The van der Waals surface area contributed by atoms with Crippen LogP contribution in [0, 0.1) is 0 Å². The van der Waals surface area contributed by atoms with Crippen molar-refractivity contribution in [2.45, 2.75) is 18.9 Å². The van der Waals surface area contributed by atoms with Gasteiger partial charge in [-0.15, -0.1) is 0 Å². The Bertz CT molecular complexity index is 696. The molecule has 0 aromatic heterocycles. The van der Waals surface area contributed by atoms with Gasteiger partial charge in [-0.2, -0.15) is 0 Å². The number of hydrogen-bond donors (Lipinski definition) is 2. The summed E-state index contributed by atoms with van der Waals surface area (Å²) in [6, 6.07) is 8.49. The molecular weight excluding hydrogens is 284 g/mol. The zero-order chi connectivity index (χ0) is 15.7. The molecule has 0 bridgehead atoms. The summed E-state index contributed by atoms with van der Waals surface area (Å²) in [6.07, 6.45) is 1.40. The average molecular weight is 302 g/mol. The maximum Gasteiger partial charge on any atom is 0.203 e. The first kappa shape index (κ1) is 14.4. The molecule has 1 atom stereocenters. The summed E-state index contributed by atoms with van der Waals surface area (Å²) in [7, 11) is 3.01. The molecule has 0 saturated carbocycles. The molecule has 5 heteroatoms. The lowest BCUT2D eigenvalue weighted by molar-refractivity contribution is 0.170. The number of hydrogen-bond acceptors (Lipinski definition) is 5. The molecule has 2 aromatic rings. The number of benzene rings is 2. The summed E-state index contributed by atoms with van der Waals surface area (Å²) >= 11 is 0. The quantitative estimate of drug-likeness (QED) is 0.911. The van der Waals surface area contributed by atoms with Crippen molar-refractivity contribution in [1.29, 1.82) is 0 Å². The normalized spacial score (nSPS) is 16.5. The van der Waals surface area contributed by atoms with Crippen molar-refractivity contribution in [2.75, 3.05) is 14.2 Å². The zero-order valence-electron chi connectivity index (χ0n) is 12.5. The molecule has 2 aromatic carbocycles. The molecule has 3 rings (SSSR count). The van der Waals surface area contributed by atoms with Crippen molar-refractivity contribution in [1.82, 2.24) is 0 Å². The molecule has 0 fully saturated rings. The van der Waals surface area contributed by atoms with E-state index in [9.17, 15) is 10.2 Å². The number of ether oxygens (including phenoxy) is 3. The Labute approximate surface area is 128 Å². The molecule has 1 aliphatic heterocycles. The van der Waals surface area contributed by atoms with Crippen molar-refractivity contribution in [3.8, 4) is 28.7 Å². The van der Waals surface area contributed by atoms with E-state index in [1.807, 2.05) is 6.07 Å². The summed E-state index contributed by atoms with van der Waals surface area (Å²) in [6.45, 7) is 0. The first-order valence-electron chi connectivity index (χ1n) is 7.06. The summed E-state index contributed by atoms with van der Waals surface area (Å²) in [5.41, 5.74) is 1.88. The lowest BCUT2D eigenvalue weighted by atomic mass is 9.96. The molecule has 5 nitrogen and oxygen atoms in total. The lowest BCUT2D eigenvalue weighted by Crippen LogP contribution is -2.16. The lowest BCUT2D eigenvalue weighted by Gasteiger charge is -2.28. The van der Waals surface area contributed by atoms with E-state index < -0.39 is 0 Å². The summed E-state index contributed by atoms with van der Waals surface area (Å²) in [4.78, 5) is 0. The SMILES string of the molecule is COc1c(O)ccc(C2CCc3ccc(O)cc3O2)c1OC. The number of rotatable bonds is 3. The van der Waals surface area contributed by atoms with Crippen molar-refractivity contribution in [3.05, 3.63) is 41.5 Å². The van der Waals surface area contributed by atoms with Crippen LogP contribution in [0.15, 0.2) is 30.3 Å². The van der Waals surface area contributed by atoms with Crippen molar-refractivity contribution in [3.63, 3.8) is 0 Å². The minimum absolute atomic E-state index is 0.0250. The van der Waals surface area contributed by atoms with Crippen LogP contribution in [-0.2, 0) is 6.42 Å². The van der Waals surface area contributed by atoms with E-state index in [2.05, 4.69) is 0 Å². The highest BCUT2D eigenvalue weighted by Crippen LogP contribution is 2.45. The molecule has 1 unspecified atom stereocenters. The van der Waals surface area contributed by atoms with Gasteiger partial charge in [0.05, 0.1) is 14.2 Å². The predicted molar refractivity (Wildman–Crippen MR) is 81.0 cm³/mol. The first-order valence-corrected chi connectivity index (χ1v) is 7.06. The number of phenolic OH excluding ortho intramolecular Hbond substituents is 2. The molecule has 2 N–H and O–H groups in total. The largest absolute Gasteiger partial charge is 0.508 e. The highest BCUT2D eigenvalue weighted by atomic mass is 16.5. The predicted octanol–water partition coefficient (Wildman–Crippen LogP) is 3.18. The van der Waals surface area contributed by atoms with Crippen LogP contribution in [0.5, 0.6) is 28.7 Å². The number of phenols is 2. The topological polar surface area (TPSA) is 68.2 Å². The van der Waals surface area contributed by atoms with Crippen LogP contribution in [0.2, 0.25) is 0 Å². The zero-order valence-corrected chi connectivity index (χ0v) is 12.5. The highest BCUT2D eigenvalue weighted by molar-refractivity contribution is 5.56. The highest BCUT2D eigenvalue weighted by Gasteiger charge is 2.27. The summed E-state index contributed by atoms with van der Waals surface area (Å²) in [5.74, 6) is 1.64. The second-order valence-electron chi connectivity index (χ2n) is 5.18. The van der Waals surface area contributed by atoms with Crippen molar-refractivity contribution in [2.24, 2.45) is 0 Å². The minimum atomic E-state index is -0.223. The summed E-state index contributed by atoms with van der Waals surface area (Å²) < 4.78 is 16.6. The Balaban J connectivity index is 1.99. The van der Waals surface area contributed by atoms with E-state index in [0.29, 0.717) is 17.2 Å². The van der Waals surface area contributed by atoms with E-state index in [0.717, 1.165) is 24.0 Å². The van der Waals surface area contributed by atoms with Crippen LogP contribution in [0.3, 0.4) is 0 Å². The minimum Gasteiger partial charge on any atom is -0.508 e. The van der Waals surface area contributed by atoms with Gasteiger partial charge >= 0.3 is 0 Å². The maximum absolute atomic E-state index is 9.86. The van der Waals surface area contributed by atoms with Crippen LogP contribution < -0.4 is 14.2 Å². The van der Waals surface area contributed by atoms with Gasteiger partial charge in [-0.1, -0.05) is 6.07 Å². The Morgan fingerprint density at radius 2 is 1.82 bits per heavy atom. The number of aryl methyl sites for hydroxylation is 1. The van der Waals surface area contributed by atoms with Crippen molar-refractivity contribution < 1.29 is 24.4 Å². The third-order valence-electron chi connectivity index (χ3n) is 3.87. The second-order valence-corrected chi connectivity index (χ2v) is 5.18.